The average molecular weight is 161 g/mol. The summed E-state index contributed by atoms with van der Waals surface area (Å²) < 4.78 is 4.25. The van der Waals surface area contributed by atoms with Gasteiger partial charge in [-0.2, -0.15) is 0 Å². The van der Waals surface area contributed by atoms with Crippen molar-refractivity contribution in [3.8, 4) is 0 Å². The van der Waals surface area contributed by atoms with Gasteiger partial charge in [-0.1, -0.05) is 0 Å². The molecule has 0 aliphatic carbocycles. The normalized spacial score (nSPS) is 4.50. The molecule has 0 saturated carbocycles. The Morgan fingerprint density at radius 1 is 1.25 bits per heavy atom. The molecule has 0 aliphatic heterocycles. The topological polar surface area (TPSA) is 9.23 Å². The molecule has 0 heterocycles. The maximum Gasteiger partial charge on any atom is 0.0351 e. The predicted molar refractivity (Wildman–Crippen MR) is 18.7 cm³/mol. The van der Waals surface area contributed by atoms with Gasteiger partial charge in [0.1, 0.15) is 0 Å². The van der Waals surface area contributed by atoms with Gasteiger partial charge in [0, 0.05) is 40.1 Å². The standard InChI is InChI=1S/C2H6O.In/c1-3-2;/h1-2H3;. The molecule has 0 saturated heterocycles. The summed E-state index contributed by atoms with van der Waals surface area (Å²) in [5.74, 6) is 0. The number of rotatable bonds is 0. The number of methoxy groups -OCH3 is 1. The van der Waals surface area contributed by atoms with E-state index in [0.29, 0.717) is 0 Å². The van der Waals surface area contributed by atoms with Crippen molar-refractivity contribution >= 4 is 25.8 Å². The molecule has 0 fully saturated rings. The van der Waals surface area contributed by atoms with E-state index < -0.39 is 0 Å². The fraction of sp³-hybridized carbons (Fsp3) is 1.00. The minimum atomic E-state index is 0. The smallest absolute Gasteiger partial charge is 0.0351 e. The minimum Gasteiger partial charge on any atom is -0.388 e. The van der Waals surface area contributed by atoms with Gasteiger partial charge in [-0.15, -0.1) is 0 Å². The first-order chi connectivity index (χ1) is 1.41. The van der Waals surface area contributed by atoms with Crippen LogP contribution in [0.3, 0.4) is 0 Å². The van der Waals surface area contributed by atoms with Crippen LogP contribution in [0.5, 0.6) is 0 Å². The van der Waals surface area contributed by atoms with Crippen molar-refractivity contribution in [3.63, 3.8) is 0 Å². The summed E-state index contributed by atoms with van der Waals surface area (Å²) in [5, 5.41) is 0. The van der Waals surface area contributed by atoms with Crippen LogP contribution in [0.25, 0.3) is 0 Å². The van der Waals surface area contributed by atoms with Gasteiger partial charge >= 0.3 is 0 Å². The third-order valence-electron chi connectivity index (χ3n) is 0. The Kier molecular flexibility index (Phi) is 20.3. The van der Waals surface area contributed by atoms with Crippen molar-refractivity contribution < 1.29 is 4.74 Å². The van der Waals surface area contributed by atoms with Gasteiger partial charge < -0.3 is 4.74 Å². The van der Waals surface area contributed by atoms with E-state index in [0.717, 1.165) is 0 Å². The van der Waals surface area contributed by atoms with Crippen LogP contribution in [0.1, 0.15) is 0 Å². The van der Waals surface area contributed by atoms with E-state index in [4.69, 9.17) is 0 Å². The summed E-state index contributed by atoms with van der Waals surface area (Å²) >= 11 is 0. The molecule has 0 aromatic heterocycles. The molecule has 0 atom stereocenters. The van der Waals surface area contributed by atoms with Crippen LogP contribution in [0.2, 0.25) is 0 Å². The van der Waals surface area contributed by atoms with Gasteiger partial charge in [0.15, 0.2) is 0 Å². The van der Waals surface area contributed by atoms with E-state index in [1.807, 2.05) is 0 Å². The summed E-state index contributed by atoms with van der Waals surface area (Å²) in [6.45, 7) is 0. The zero-order valence-electron chi connectivity index (χ0n) is 2.99. The molecule has 2 heteroatoms. The quantitative estimate of drug-likeness (QED) is 0.481. The summed E-state index contributed by atoms with van der Waals surface area (Å²) in [6.07, 6.45) is 0. The van der Waals surface area contributed by atoms with Gasteiger partial charge in [-0.3, -0.25) is 0 Å². The Bertz CT molecular complexity index is 6.00. The number of hydrogen-bond donors (Lipinski definition) is 0. The van der Waals surface area contributed by atoms with Crippen molar-refractivity contribution in [2.24, 2.45) is 0 Å². The van der Waals surface area contributed by atoms with Crippen LogP contribution in [0, 0.1) is 0 Å². The Balaban J connectivity index is 0. The maximum absolute atomic E-state index is 4.25. The molecule has 3 radical (unpaired) electrons. The van der Waals surface area contributed by atoms with E-state index in [1.54, 1.807) is 14.2 Å². The number of ether oxygens (including phenoxy) is 1. The van der Waals surface area contributed by atoms with Gasteiger partial charge in [-0.05, 0) is 0 Å². The fourth-order valence-corrected chi connectivity index (χ4v) is 0. The summed E-state index contributed by atoms with van der Waals surface area (Å²) in [4.78, 5) is 0. The molecule has 0 unspecified atom stereocenters. The Morgan fingerprint density at radius 2 is 1.25 bits per heavy atom. The van der Waals surface area contributed by atoms with Crippen LogP contribution in [0.4, 0.5) is 0 Å². The molecule has 0 spiro atoms. The van der Waals surface area contributed by atoms with E-state index in [9.17, 15) is 0 Å². The van der Waals surface area contributed by atoms with Crippen LogP contribution in [-0.4, -0.2) is 40.1 Å². The molecule has 23 valence electrons. The third-order valence-corrected chi connectivity index (χ3v) is 0. The Labute approximate surface area is 45.1 Å². The van der Waals surface area contributed by atoms with Crippen LogP contribution in [0.15, 0.2) is 0 Å². The van der Waals surface area contributed by atoms with Crippen LogP contribution < -0.4 is 0 Å². The van der Waals surface area contributed by atoms with Crippen molar-refractivity contribution in [1.82, 2.24) is 0 Å². The molecule has 1 nitrogen and oxygen atoms in total. The Hall–Kier alpha value is 0.830. The maximum atomic E-state index is 4.25. The van der Waals surface area contributed by atoms with E-state index >= 15 is 0 Å². The fourth-order valence-electron chi connectivity index (χ4n) is 0. The second-order valence-electron chi connectivity index (χ2n) is 0.408. The molecule has 0 N–H and O–H groups in total. The second kappa shape index (κ2) is 9.16. The van der Waals surface area contributed by atoms with Gasteiger partial charge in [-0.25, -0.2) is 0 Å². The number of hydrogen-bond acceptors (Lipinski definition) is 1. The first-order valence-electron chi connectivity index (χ1n) is 0.816. The Morgan fingerprint density at radius 3 is 1.25 bits per heavy atom. The van der Waals surface area contributed by atoms with E-state index in [1.165, 1.54) is 0 Å². The minimum absolute atomic E-state index is 0. The van der Waals surface area contributed by atoms with E-state index in [2.05, 4.69) is 4.74 Å². The summed E-state index contributed by atoms with van der Waals surface area (Å²) in [5.41, 5.74) is 0. The predicted octanol–water partition coefficient (Wildman–Crippen LogP) is -0.118. The molecule has 0 amide bonds. The van der Waals surface area contributed by atoms with Crippen LogP contribution >= 0.6 is 0 Å². The van der Waals surface area contributed by atoms with Gasteiger partial charge in [0.25, 0.3) is 0 Å². The van der Waals surface area contributed by atoms with Crippen molar-refractivity contribution in [3.05, 3.63) is 0 Å². The molecule has 0 aromatic carbocycles. The molecule has 0 aromatic rings. The second-order valence-corrected chi connectivity index (χ2v) is 0.408. The van der Waals surface area contributed by atoms with Gasteiger partial charge in [0.2, 0.25) is 0 Å². The van der Waals surface area contributed by atoms with E-state index in [-0.39, 0.29) is 25.8 Å². The molecule has 0 aliphatic rings. The summed E-state index contributed by atoms with van der Waals surface area (Å²) in [7, 11) is 3.25. The molecular formula is C2H6InO. The molecule has 0 bridgehead atoms. The zero-order valence-corrected chi connectivity index (χ0v) is 6.28. The first kappa shape index (κ1) is 8.85. The molecular weight excluding hydrogens is 155 g/mol. The van der Waals surface area contributed by atoms with Gasteiger partial charge in [0.05, 0.1) is 0 Å². The third kappa shape index (κ3) is 13.8. The first-order valence-corrected chi connectivity index (χ1v) is 0.816. The summed E-state index contributed by atoms with van der Waals surface area (Å²) in [6, 6.07) is 0. The monoisotopic (exact) mass is 161 g/mol. The largest absolute Gasteiger partial charge is 0.388 e. The van der Waals surface area contributed by atoms with Crippen LogP contribution in [-0.2, 0) is 4.74 Å². The zero-order chi connectivity index (χ0) is 2.71. The molecule has 0 rings (SSSR count). The van der Waals surface area contributed by atoms with Crippen molar-refractivity contribution in [2.75, 3.05) is 14.2 Å². The molecule has 4 heavy (non-hydrogen) atoms. The SMILES string of the molecule is COC.[In]. The average Bonchev–Trinajstić information content (AvgIpc) is 0.918. The van der Waals surface area contributed by atoms with Crippen molar-refractivity contribution in [1.29, 1.82) is 0 Å². The van der Waals surface area contributed by atoms with Crippen molar-refractivity contribution in [2.45, 2.75) is 0 Å².